The van der Waals surface area contributed by atoms with E-state index in [-0.39, 0.29) is 0 Å². The topological polar surface area (TPSA) is 23.1 Å². The Labute approximate surface area is 36.4 Å². The summed E-state index contributed by atoms with van der Waals surface area (Å²) in [6, 6.07) is 0. The normalized spacial score (nSPS) is 14.8. The SMILES string of the molecule is BC[S+](C)[O-]. The zero-order valence-electron chi connectivity index (χ0n) is 3.52. The van der Waals surface area contributed by atoms with Crippen molar-refractivity contribution < 1.29 is 4.55 Å². The van der Waals surface area contributed by atoms with Gasteiger partial charge in [-0.05, 0) is 0 Å². The fourth-order valence-corrected chi connectivity index (χ4v) is 0. The van der Waals surface area contributed by atoms with E-state index in [2.05, 4.69) is 0 Å². The molecule has 0 bridgehead atoms. The van der Waals surface area contributed by atoms with Gasteiger partial charge in [-0.3, -0.25) is 0 Å². The first kappa shape index (κ1) is 5.37. The van der Waals surface area contributed by atoms with Crippen LogP contribution in [0, 0.1) is 0 Å². The van der Waals surface area contributed by atoms with E-state index < -0.39 is 11.2 Å². The fraction of sp³-hybridized carbons (Fsp3) is 1.00. The molecule has 0 fully saturated rings. The van der Waals surface area contributed by atoms with Crippen LogP contribution in [0.2, 0.25) is 0 Å². The Morgan fingerprint density at radius 3 is 2.20 bits per heavy atom. The van der Waals surface area contributed by atoms with Crippen LogP contribution in [0.25, 0.3) is 0 Å². The molecule has 0 aliphatic heterocycles. The molecule has 0 saturated heterocycles. The van der Waals surface area contributed by atoms with Crippen molar-refractivity contribution in [2.24, 2.45) is 0 Å². The maximum Gasteiger partial charge on any atom is 0.166 e. The first-order valence-corrected chi connectivity index (χ1v) is 3.30. The van der Waals surface area contributed by atoms with E-state index in [1.165, 1.54) is 0 Å². The Kier molecular flexibility index (Phi) is 2.80. The summed E-state index contributed by atoms with van der Waals surface area (Å²) in [7, 11) is 1.90. The van der Waals surface area contributed by atoms with Crippen LogP contribution >= 0.6 is 0 Å². The molecule has 3 heteroatoms. The van der Waals surface area contributed by atoms with Gasteiger partial charge in [0.15, 0.2) is 7.85 Å². The van der Waals surface area contributed by atoms with Crippen LogP contribution in [0.3, 0.4) is 0 Å². The molecule has 0 aliphatic rings. The van der Waals surface area contributed by atoms with Gasteiger partial charge in [-0.1, -0.05) is 11.2 Å². The first-order chi connectivity index (χ1) is 2.27. The Bertz CT molecular complexity index is 23.6. The van der Waals surface area contributed by atoms with Crippen LogP contribution in [-0.4, -0.2) is 24.3 Å². The molecule has 0 aromatic carbocycles. The van der Waals surface area contributed by atoms with Gasteiger partial charge in [-0.2, -0.15) is 0 Å². The molecule has 1 atom stereocenters. The van der Waals surface area contributed by atoms with E-state index >= 15 is 0 Å². The van der Waals surface area contributed by atoms with E-state index in [4.69, 9.17) is 0 Å². The lowest BCUT2D eigenvalue weighted by molar-refractivity contribution is 0.605. The molecular weight excluding hydrogens is 82.9 g/mol. The van der Waals surface area contributed by atoms with Crippen LogP contribution < -0.4 is 0 Å². The minimum atomic E-state index is -0.573. The minimum absolute atomic E-state index is 0.573. The molecule has 5 heavy (non-hydrogen) atoms. The predicted molar refractivity (Wildman–Crippen MR) is 27.5 cm³/mol. The summed E-state index contributed by atoms with van der Waals surface area (Å²) in [5.41, 5.74) is 0.778. The molecule has 0 heterocycles. The van der Waals surface area contributed by atoms with Crippen LogP contribution in [0.5, 0.6) is 0 Å². The average molecular weight is 90.0 g/mol. The fourth-order valence-electron chi connectivity index (χ4n) is 0. The molecule has 1 unspecified atom stereocenters. The predicted octanol–water partition coefficient (Wildman–Crippen LogP) is -1.04. The van der Waals surface area contributed by atoms with Gasteiger partial charge >= 0.3 is 0 Å². The summed E-state index contributed by atoms with van der Waals surface area (Å²) in [5.74, 6) is 0. The van der Waals surface area contributed by atoms with Crippen molar-refractivity contribution in [2.45, 2.75) is 0 Å². The van der Waals surface area contributed by atoms with Crippen LogP contribution in [-0.2, 0) is 11.2 Å². The molecule has 0 rings (SSSR count). The van der Waals surface area contributed by atoms with Gasteiger partial charge in [0.2, 0.25) is 0 Å². The molecule has 30 valence electrons. The Hall–Kier alpha value is 0.375. The molecule has 0 aliphatic carbocycles. The zero-order valence-corrected chi connectivity index (χ0v) is 4.34. The summed E-state index contributed by atoms with van der Waals surface area (Å²) >= 11 is -0.573. The third-order valence-corrected chi connectivity index (χ3v) is 1.22. The molecule has 0 aromatic rings. The van der Waals surface area contributed by atoms with Crippen molar-refractivity contribution in [3.8, 4) is 0 Å². The summed E-state index contributed by atoms with van der Waals surface area (Å²) in [6.07, 6.45) is 1.69. The smallest absolute Gasteiger partial charge is 0.166 e. The lowest BCUT2D eigenvalue weighted by Gasteiger charge is -1.95. The van der Waals surface area contributed by atoms with Gasteiger partial charge in [0.1, 0.15) is 0 Å². The Morgan fingerprint density at radius 1 is 2.00 bits per heavy atom. The molecule has 0 N–H and O–H groups in total. The molecular formula is C2H7BOS. The van der Waals surface area contributed by atoms with Crippen molar-refractivity contribution in [2.75, 3.05) is 11.9 Å². The number of hydrogen-bond donors (Lipinski definition) is 0. The molecule has 1 nitrogen and oxygen atoms in total. The van der Waals surface area contributed by atoms with Crippen molar-refractivity contribution >= 4 is 19.0 Å². The largest absolute Gasteiger partial charge is 0.617 e. The minimum Gasteiger partial charge on any atom is -0.617 e. The zero-order chi connectivity index (χ0) is 4.28. The molecule has 0 saturated carbocycles. The standard InChI is InChI=1S/C2H7BOS/c1-5(4)2-3/h2-3H2,1H3. The highest BCUT2D eigenvalue weighted by Crippen LogP contribution is 1.71. The quantitative estimate of drug-likeness (QED) is 0.297. The highest BCUT2D eigenvalue weighted by atomic mass is 32.2. The van der Waals surface area contributed by atoms with Crippen molar-refractivity contribution in [3.05, 3.63) is 0 Å². The summed E-state index contributed by atoms with van der Waals surface area (Å²) in [5, 5.41) is 0. The maximum atomic E-state index is 9.92. The van der Waals surface area contributed by atoms with Gasteiger partial charge in [0, 0.05) is 0 Å². The highest BCUT2D eigenvalue weighted by molar-refractivity contribution is 7.91. The molecule has 0 spiro atoms. The number of rotatable bonds is 1. The summed E-state index contributed by atoms with van der Waals surface area (Å²) < 4.78 is 9.92. The second-order valence-electron chi connectivity index (χ2n) is 0.862. The number of hydrogen-bond acceptors (Lipinski definition) is 1. The Morgan fingerprint density at radius 2 is 2.20 bits per heavy atom. The van der Waals surface area contributed by atoms with Crippen LogP contribution in [0.4, 0.5) is 0 Å². The monoisotopic (exact) mass is 90.0 g/mol. The lowest BCUT2D eigenvalue weighted by atomic mass is 10.2. The maximum absolute atomic E-state index is 9.92. The van der Waals surface area contributed by atoms with Gasteiger partial charge < -0.3 is 4.55 Å². The average Bonchev–Trinajstić information content (AvgIpc) is 1.38. The van der Waals surface area contributed by atoms with E-state index in [1.54, 1.807) is 6.26 Å². The van der Waals surface area contributed by atoms with Crippen LogP contribution in [0.15, 0.2) is 0 Å². The molecule has 0 aromatic heterocycles. The molecule has 0 radical (unpaired) electrons. The van der Waals surface area contributed by atoms with Crippen molar-refractivity contribution in [3.63, 3.8) is 0 Å². The van der Waals surface area contributed by atoms with E-state index in [1.807, 2.05) is 7.85 Å². The highest BCUT2D eigenvalue weighted by Gasteiger charge is 1.81. The van der Waals surface area contributed by atoms with Crippen molar-refractivity contribution in [1.29, 1.82) is 0 Å². The van der Waals surface area contributed by atoms with Crippen LogP contribution in [0.1, 0.15) is 0 Å². The summed E-state index contributed by atoms with van der Waals surface area (Å²) in [4.78, 5) is 0. The van der Waals surface area contributed by atoms with Gasteiger partial charge in [-0.15, -0.1) is 0 Å². The lowest BCUT2D eigenvalue weighted by Crippen LogP contribution is -2.00. The van der Waals surface area contributed by atoms with Gasteiger partial charge in [0.05, 0.1) is 11.9 Å². The van der Waals surface area contributed by atoms with Gasteiger partial charge in [0.25, 0.3) is 0 Å². The summed E-state index contributed by atoms with van der Waals surface area (Å²) in [6.45, 7) is 0. The van der Waals surface area contributed by atoms with Gasteiger partial charge in [-0.25, -0.2) is 0 Å². The Balaban J connectivity index is 2.54. The second-order valence-corrected chi connectivity index (χ2v) is 2.59. The van der Waals surface area contributed by atoms with E-state index in [0.717, 1.165) is 5.65 Å². The third-order valence-electron chi connectivity index (χ3n) is 0.407. The third kappa shape index (κ3) is 4.37. The van der Waals surface area contributed by atoms with E-state index in [9.17, 15) is 4.55 Å². The van der Waals surface area contributed by atoms with E-state index in [0.29, 0.717) is 0 Å². The van der Waals surface area contributed by atoms with Crippen molar-refractivity contribution in [1.82, 2.24) is 0 Å². The first-order valence-electron chi connectivity index (χ1n) is 1.57. The second kappa shape index (κ2) is 2.60. The molecule has 0 amide bonds.